The summed E-state index contributed by atoms with van der Waals surface area (Å²) >= 11 is 0. The van der Waals surface area contributed by atoms with Crippen LogP contribution in [0.1, 0.15) is 129 Å². The lowest BCUT2D eigenvalue weighted by molar-refractivity contribution is -0.161. The van der Waals surface area contributed by atoms with Gasteiger partial charge in [-0.05, 0) is 83.5 Å². The number of allylic oxidation sites excluding steroid dienone is 20. The number of phosphoric acid groups is 1. The zero-order valence-corrected chi connectivity index (χ0v) is 34.0. The predicted molar refractivity (Wildman–Crippen MR) is 225 cm³/mol. The van der Waals surface area contributed by atoms with Crippen LogP contribution in [0.5, 0.6) is 0 Å². The molecule has 0 rings (SSSR count). The Morgan fingerprint density at radius 1 is 0.500 bits per heavy atom. The molecule has 9 heteroatoms. The number of ether oxygens (including phenoxy) is 2. The van der Waals surface area contributed by atoms with Gasteiger partial charge < -0.3 is 19.3 Å². The highest BCUT2D eigenvalue weighted by Crippen LogP contribution is 2.36. The van der Waals surface area contributed by atoms with Crippen LogP contribution < -0.4 is 0 Å². The highest BCUT2D eigenvalue weighted by atomic mass is 31.2. The normalized spacial score (nSPS) is 13.8. The lowest BCUT2D eigenvalue weighted by atomic mass is 10.1. The zero-order valence-electron chi connectivity index (χ0n) is 33.1. The van der Waals surface area contributed by atoms with Gasteiger partial charge in [-0.25, -0.2) is 4.57 Å². The molecule has 1 unspecified atom stereocenters. The standard InChI is InChI=1S/C45H69O8P/c1-3-5-7-9-11-13-15-17-18-19-20-21-22-23-24-25-26-28-29-31-33-35-37-39-44(46)51-41-43(42-52-54(48,49)50)53-45(47)40-38-36-34-32-30-27-16-14-12-10-8-6-4-2/h5-8,10-14,16-18,20-21,23-24,26-28,30,43H,3-4,9,15,19,22,25,29,31-42H2,1-2H3,(H2,48,49,50)/b7-5+,8-6+,12-10+,13-11+,16-14+,18-17+,21-20+,24-23+,28-26+,30-27+. The van der Waals surface area contributed by atoms with E-state index >= 15 is 0 Å². The molecule has 0 aliphatic rings. The largest absolute Gasteiger partial charge is 0.469 e. The van der Waals surface area contributed by atoms with E-state index < -0.39 is 32.5 Å². The quantitative estimate of drug-likeness (QED) is 0.0218. The van der Waals surface area contributed by atoms with Crippen LogP contribution in [0.2, 0.25) is 0 Å². The van der Waals surface area contributed by atoms with Crippen molar-refractivity contribution in [2.45, 2.75) is 136 Å². The summed E-state index contributed by atoms with van der Waals surface area (Å²) in [6.07, 6.45) is 56.4. The zero-order chi connectivity index (χ0) is 39.6. The maximum absolute atomic E-state index is 12.3. The number of carbonyl (C=O) groups is 2. The van der Waals surface area contributed by atoms with Crippen LogP contribution in [0.4, 0.5) is 0 Å². The fourth-order valence-electron chi connectivity index (χ4n) is 4.68. The molecule has 0 fully saturated rings. The highest BCUT2D eigenvalue weighted by Gasteiger charge is 2.22. The minimum Gasteiger partial charge on any atom is -0.462 e. The van der Waals surface area contributed by atoms with E-state index in [0.29, 0.717) is 12.8 Å². The molecule has 302 valence electrons. The molecule has 1 atom stereocenters. The molecule has 0 aliphatic carbocycles. The fourth-order valence-corrected chi connectivity index (χ4v) is 5.04. The molecule has 2 N–H and O–H groups in total. The Hall–Kier alpha value is -3.55. The second-order valence-corrected chi connectivity index (χ2v) is 13.8. The maximum Gasteiger partial charge on any atom is 0.469 e. The van der Waals surface area contributed by atoms with E-state index in [-0.39, 0.29) is 19.4 Å². The number of unbranched alkanes of at least 4 members (excludes halogenated alkanes) is 7. The summed E-state index contributed by atoms with van der Waals surface area (Å²) < 4.78 is 26.3. The Balaban J connectivity index is 4.07. The second kappa shape index (κ2) is 39.2. The molecule has 0 bridgehead atoms. The van der Waals surface area contributed by atoms with Gasteiger partial charge in [-0.3, -0.25) is 14.1 Å². The van der Waals surface area contributed by atoms with Crippen molar-refractivity contribution in [1.82, 2.24) is 0 Å². The highest BCUT2D eigenvalue weighted by molar-refractivity contribution is 7.46. The number of phosphoric ester groups is 1. The smallest absolute Gasteiger partial charge is 0.462 e. The molecule has 0 saturated carbocycles. The Morgan fingerprint density at radius 2 is 0.926 bits per heavy atom. The molecule has 0 aromatic carbocycles. The lowest BCUT2D eigenvalue weighted by Gasteiger charge is -2.18. The summed E-state index contributed by atoms with van der Waals surface area (Å²) in [6.45, 7) is 3.34. The first-order valence-corrected chi connectivity index (χ1v) is 21.4. The van der Waals surface area contributed by atoms with Crippen molar-refractivity contribution in [2.24, 2.45) is 0 Å². The van der Waals surface area contributed by atoms with Crippen LogP contribution in [0.25, 0.3) is 0 Å². The maximum atomic E-state index is 12.3. The molecule has 0 amide bonds. The Morgan fingerprint density at radius 3 is 1.46 bits per heavy atom. The van der Waals surface area contributed by atoms with Crippen LogP contribution in [-0.4, -0.2) is 41.0 Å². The molecular weight excluding hydrogens is 699 g/mol. The van der Waals surface area contributed by atoms with E-state index in [2.05, 4.69) is 103 Å². The van der Waals surface area contributed by atoms with Crippen molar-refractivity contribution >= 4 is 19.8 Å². The number of esters is 2. The third-order valence-electron chi connectivity index (χ3n) is 7.57. The lowest BCUT2D eigenvalue weighted by Crippen LogP contribution is -2.29. The topological polar surface area (TPSA) is 119 Å². The van der Waals surface area contributed by atoms with Crippen LogP contribution in [-0.2, 0) is 28.2 Å². The van der Waals surface area contributed by atoms with Gasteiger partial charge in [-0.1, -0.05) is 155 Å². The van der Waals surface area contributed by atoms with Crippen LogP contribution >= 0.6 is 7.82 Å². The first-order chi connectivity index (χ1) is 26.3. The van der Waals surface area contributed by atoms with E-state index in [9.17, 15) is 14.2 Å². The average molecular weight is 769 g/mol. The van der Waals surface area contributed by atoms with Gasteiger partial charge in [0.2, 0.25) is 0 Å². The summed E-state index contributed by atoms with van der Waals surface area (Å²) in [5, 5.41) is 0. The van der Waals surface area contributed by atoms with Crippen LogP contribution in [0.3, 0.4) is 0 Å². The van der Waals surface area contributed by atoms with E-state index in [0.717, 1.165) is 89.9 Å². The Kier molecular flexibility index (Phi) is 36.6. The molecule has 54 heavy (non-hydrogen) atoms. The molecule has 0 aromatic heterocycles. The van der Waals surface area contributed by atoms with Crippen molar-refractivity contribution < 1.29 is 37.9 Å². The van der Waals surface area contributed by atoms with E-state index in [1.807, 2.05) is 36.5 Å². The summed E-state index contributed by atoms with van der Waals surface area (Å²) in [7, 11) is -4.78. The minimum atomic E-state index is -4.78. The molecule has 0 radical (unpaired) electrons. The molecule has 0 aromatic rings. The van der Waals surface area contributed by atoms with Gasteiger partial charge >= 0.3 is 19.8 Å². The van der Waals surface area contributed by atoms with Crippen molar-refractivity contribution in [3.8, 4) is 0 Å². The molecule has 0 spiro atoms. The van der Waals surface area contributed by atoms with Crippen molar-refractivity contribution in [1.29, 1.82) is 0 Å². The van der Waals surface area contributed by atoms with Gasteiger partial charge in [-0.15, -0.1) is 0 Å². The second-order valence-electron chi connectivity index (χ2n) is 12.6. The molecule has 0 saturated heterocycles. The van der Waals surface area contributed by atoms with E-state index in [4.69, 9.17) is 19.3 Å². The third kappa shape index (κ3) is 41.2. The summed E-state index contributed by atoms with van der Waals surface area (Å²) in [4.78, 5) is 42.7. The molecule has 0 aliphatic heterocycles. The first-order valence-electron chi connectivity index (χ1n) is 19.9. The van der Waals surface area contributed by atoms with Gasteiger partial charge in [0.15, 0.2) is 6.10 Å². The third-order valence-corrected chi connectivity index (χ3v) is 8.06. The van der Waals surface area contributed by atoms with E-state index in [1.165, 1.54) is 0 Å². The summed E-state index contributed by atoms with van der Waals surface area (Å²) in [6, 6.07) is 0. The average Bonchev–Trinajstić information content (AvgIpc) is 3.14. The number of rotatable bonds is 34. The summed E-state index contributed by atoms with van der Waals surface area (Å²) in [5.41, 5.74) is 0. The van der Waals surface area contributed by atoms with Gasteiger partial charge in [-0.2, -0.15) is 0 Å². The van der Waals surface area contributed by atoms with Crippen molar-refractivity contribution in [3.05, 3.63) is 122 Å². The van der Waals surface area contributed by atoms with Crippen molar-refractivity contribution in [2.75, 3.05) is 13.2 Å². The van der Waals surface area contributed by atoms with Crippen LogP contribution in [0, 0.1) is 0 Å². The monoisotopic (exact) mass is 768 g/mol. The molecule has 0 heterocycles. The Labute approximate surface area is 327 Å². The van der Waals surface area contributed by atoms with Crippen molar-refractivity contribution in [3.63, 3.8) is 0 Å². The molecule has 8 nitrogen and oxygen atoms in total. The predicted octanol–water partition coefficient (Wildman–Crippen LogP) is 12.2. The number of hydrogen-bond acceptors (Lipinski definition) is 6. The summed E-state index contributed by atoms with van der Waals surface area (Å²) in [5.74, 6) is -0.976. The van der Waals surface area contributed by atoms with Gasteiger partial charge in [0.1, 0.15) is 6.61 Å². The first kappa shape index (κ1) is 50.5. The molecular formula is C45H69O8P. The number of carbonyl (C=O) groups excluding carboxylic acids is 2. The minimum absolute atomic E-state index is 0.151. The fraction of sp³-hybridized carbons (Fsp3) is 0.511. The van der Waals surface area contributed by atoms with Gasteiger partial charge in [0.05, 0.1) is 6.61 Å². The van der Waals surface area contributed by atoms with Gasteiger partial charge in [0.25, 0.3) is 0 Å². The van der Waals surface area contributed by atoms with E-state index in [1.54, 1.807) is 0 Å². The Bertz CT molecular complexity index is 1280. The number of hydrogen-bond donors (Lipinski definition) is 2. The van der Waals surface area contributed by atoms with Crippen LogP contribution in [0.15, 0.2) is 122 Å². The van der Waals surface area contributed by atoms with Gasteiger partial charge in [0, 0.05) is 12.8 Å². The SMILES string of the molecule is CC/C=C/C=C/C=C/C=C/CCCCCC(=O)OC(COC(=O)CCCCCC/C=C/C/C=C/C/C=C/C/C=C/C/C=C/C/C=C/CC)COP(=O)(O)O.